The van der Waals surface area contributed by atoms with Crippen molar-refractivity contribution in [3.8, 4) is 5.75 Å². The second-order valence-corrected chi connectivity index (χ2v) is 5.78. The van der Waals surface area contributed by atoms with Crippen LogP contribution in [-0.4, -0.2) is 10.7 Å². The van der Waals surface area contributed by atoms with Crippen LogP contribution in [0.4, 0.5) is 8.78 Å². The van der Waals surface area contributed by atoms with Gasteiger partial charge in [-0.15, -0.1) is 0 Å². The second kappa shape index (κ2) is 6.22. The van der Waals surface area contributed by atoms with E-state index in [2.05, 4.69) is 31.2 Å². The zero-order valence-electron chi connectivity index (χ0n) is 12.2. The molecule has 0 aliphatic heterocycles. The molecule has 2 aromatic rings. The molecule has 1 N–H and O–H groups in total. The van der Waals surface area contributed by atoms with Crippen molar-refractivity contribution < 1.29 is 18.0 Å². The van der Waals surface area contributed by atoms with E-state index in [-0.39, 0.29) is 17.9 Å². The third-order valence-corrected chi connectivity index (χ3v) is 2.62. The van der Waals surface area contributed by atoms with Gasteiger partial charge in [0, 0.05) is 36.3 Å². The molecule has 0 aliphatic rings. The van der Waals surface area contributed by atoms with Crippen LogP contribution in [0.3, 0.4) is 0 Å². The van der Waals surface area contributed by atoms with Crippen molar-refractivity contribution in [2.75, 3.05) is 0 Å². The maximum Gasteiger partial charge on any atom is 0.174 e. The average Bonchev–Trinajstić information content (AvgIpc) is 2.80. The first-order chi connectivity index (χ1) is 9.82. The Morgan fingerprint density at radius 2 is 1.81 bits per heavy atom. The number of halogens is 2. The van der Waals surface area contributed by atoms with Crippen molar-refractivity contribution in [3.63, 3.8) is 0 Å². The predicted octanol–water partition coefficient (Wildman–Crippen LogP) is 3.42. The molecular weight excluding hydrogens is 278 g/mol. The predicted molar refractivity (Wildman–Crippen MR) is 73.8 cm³/mol. The molecule has 0 saturated carbocycles. The van der Waals surface area contributed by atoms with Gasteiger partial charge in [0.15, 0.2) is 5.76 Å². The van der Waals surface area contributed by atoms with Crippen LogP contribution in [-0.2, 0) is 13.2 Å². The van der Waals surface area contributed by atoms with Gasteiger partial charge in [0.05, 0.1) is 5.69 Å². The molecule has 0 spiro atoms. The highest BCUT2D eigenvalue weighted by Gasteiger charge is 2.11. The fraction of sp³-hybridized carbons (Fsp3) is 0.400. The molecule has 1 heterocycles. The Kier molecular flexibility index (Phi) is 4.57. The van der Waals surface area contributed by atoms with Gasteiger partial charge in [0.25, 0.3) is 0 Å². The van der Waals surface area contributed by atoms with Crippen molar-refractivity contribution in [3.05, 3.63) is 47.4 Å². The number of nitrogens with zero attached hydrogens (tertiary/aromatic N) is 1. The minimum atomic E-state index is -0.683. The lowest BCUT2D eigenvalue weighted by Crippen LogP contribution is -2.35. The molecule has 6 heteroatoms. The fourth-order valence-corrected chi connectivity index (χ4v) is 1.63. The highest BCUT2D eigenvalue weighted by Crippen LogP contribution is 2.17. The molecule has 2 rings (SSSR count). The van der Waals surface area contributed by atoms with Crippen LogP contribution >= 0.6 is 0 Å². The van der Waals surface area contributed by atoms with Gasteiger partial charge in [-0.05, 0) is 20.8 Å². The van der Waals surface area contributed by atoms with E-state index in [0.717, 1.165) is 23.9 Å². The molecule has 0 fully saturated rings. The number of aromatic nitrogens is 1. The number of hydrogen-bond acceptors (Lipinski definition) is 4. The molecule has 0 saturated heterocycles. The van der Waals surface area contributed by atoms with Gasteiger partial charge in [-0.25, -0.2) is 8.78 Å². The van der Waals surface area contributed by atoms with Crippen LogP contribution in [0.2, 0.25) is 0 Å². The van der Waals surface area contributed by atoms with Crippen molar-refractivity contribution in [2.24, 2.45) is 0 Å². The minimum Gasteiger partial charge on any atom is -0.485 e. The Labute approximate surface area is 122 Å². The van der Waals surface area contributed by atoms with E-state index in [1.165, 1.54) is 0 Å². The first kappa shape index (κ1) is 15.4. The number of ether oxygens (including phenoxy) is 1. The zero-order chi connectivity index (χ0) is 15.5. The summed E-state index contributed by atoms with van der Waals surface area (Å²) < 4.78 is 36.4. The van der Waals surface area contributed by atoms with Crippen molar-refractivity contribution in [1.82, 2.24) is 10.5 Å². The summed E-state index contributed by atoms with van der Waals surface area (Å²) in [5.41, 5.74) is 0.725. The first-order valence-electron chi connectivity index (χ1n) is 6.60. The number of benzene rings is 1. The lowest BCUT2D eigenvalue weighted by atomic mass is 10.1. The highest BCUT2D eigenvalue weighted by molar-refractivity contribution is 5.24. The van der Waals surface area contributed by atoms with E-state index in [1.807, 2.05) is 0 Å². The van der Waals surface area contributed by atoms with Crippen molar-refractivity contribution in [2.45, 2.75) is 39.5 Å². The summed E-state index contributed by atoms with van der Waals surface area (Å²) in [7, 11) is 0. The fourth-order valence-electron chi connectivity index (χ4n) is 1.63. The minimum absolute atomic E-state index is 0.0191. The highest BCUT2D eigenvalue weighted by atomic mass is 19.1. The molecular formula is C15H18F2N2O2. The van der Waals surface area contributed by atoms with E-state index < -0.39 is 11.6 Å². The summed E-state index contributed by atoms with van der Waals surface area (Å²) in [6.07, 6.45) is 0. The van der Waals surface area contributed by atoms with Gasteiger partial charge in [0.2, 0.25) is 0 Å². The quantitative estimate of drug-likeness (QED) is 0.918. The van der Waals surface area contributed by atoms with Gasteiger partial charge < -0.3 is 14.6 Å². The van der Waals surface area contributed by atoms with E-state index in [1.54, 1.807) is 6.07 Å². The van der Waals surface area contributed by atoms with E-state index in [9.17, 15) is 8.78 Å². The molecule has 0 bridgehead atoms. The van der Waals surface area contributed by atoms with Crippen LogP contribution in [0.1, 0.15) is 32.2 Å². The van der Waals surface area contributed by atoms with E-state index in [0.29, 0.717) is 12.3 Å². The average molecular weight is 296 g/mol. The number of hydrogen-bond donors (Lipinski definition) is 1. The number of nitrogens with one attached hydrogen (secondary N) is 1. The Bertz CT molecular complexity index is 586. The lowest BCUT2D eigenvalue weighted by Gasteiger charge is -2.19. The summed E-state index contributed by atoms with van der Waals surface area (Å²) in [6.45, 7) is 6.79. The van der Waals surface area contributed by atoms with Crippen molar-refractivity contribution in [1.29, 1.82) is 0 Å². The lowest BCUT2D eigenvalue weighted by molar-refractivity contribution is 0.246. The van der Waals surface area contributed by atoms with Crippen LogP contribution in [0, 0.1) is 11.6 Å². The summed E-state index contributed by atoms with van der Waals surface area (Å²) >= 11 is 0. The summed E-state index contributed by atoms with van der Waals surface area (Å²) in [5.74, 6) is -0.765. The smallest absolute Gasteiger partial charge is 0.174 e. The molecule has 4 nitrogen and oxygen atoms in total. The Balaban J connectivity index is 1.90. The monoisotopic (exact) mass is 296 g/mol. The third-order valence-electron chi connectivity index (χ3n) is 2.62. The van der Waals surface area contributed by atoms with Crippen LogP contribution in [0.5, 0.6) is 5.75 Å². The molecule has 0 unspecified atom stereocenters. The van der Waals surface area contributed by atoms with Gasteiger partial charge in [-0.2, -0.15) is 0 Å². The maximum atomic E-state index is 13.0. The van der Waals surface area contributed by atoms with Gasteiger partial charge in [-0.3, -0.25) is 0 Å². The van der Waals surface area contributed by atoms with Crippen LogP contribution < -0.4 is 10.1 Å². The van der Waals surface area contributed by atoms with Gasteiger partial charge in [0.1, 0.15) is 24.0 Å². The molecule has 0 atom stereocenters. The molecule has 1 aromatic carbocycles. The molecule has 21 heavy (non-hydrogen) atoms. The van der Waals surface area contributed by atoms with Gasteiger partial charge >= 0.3 is 0 Å². The summed E-state index contributed by atoms with van der Waals surface area (Å²) in [6, 6.07) is 4.76. The van der Waals surface area contributed by atoms with Crippen LogP contribution in [0.15, 0.2) is 28.8 Å². The molecule has 0 radical (unpaired) electrons. The SMILES string of the molecule is CC(C)(C)NCc1cc(COc2cc(F)cc(F)c2)on1. The van der Waals surface area contributed by atoms with E-state index in [4.69, 9.17) is 9.26 Å². The van der Waals surface area contributed by atoms with Gasteiger partial charge in [-0.1, -0.05) is 5.16 Å². The number of rotatable bonds is 5. The zero-order valence-corrected chi connectivity index (χ0v) is 12.2. The summed E-state index contributed by atoms with van der Waals surface area (Å²) in [5, 5.41) is 7.18. The Morgan fingerprint density at radius 1 is 1.14 bits per heavy atom. The van der Waals surface area contributed by atoms with E-state index >= 15 is 0 Å². The normalized spacial score (nSPS) is 11.7. The third kappa shape index (κ3) is 5.15. The summed E-state index contributed by atoms with van der Waals surface area (Å²) in [4.78, 5) is 0. The molecule has 114 valence electrons. The maximum absolute atomic E-state index is 13.0. The van der Waals surface area contributed by atoms with Crippen LogP contribution in [0.25, 0.3) is 0 Å². The molecule has 0 aliphatic carbocycles. The largest absolute Gasteiger partial charge is 0.485 e. The van der Waals surface area contributed by atoms with Crippen molar-refractivity contribution >= 4 is 0 Å². The topological polar surface area (TPSA) is 47.3 Å². The molecule has 0 amide bonds. The first-order valence-corrected chi connectivity index (χ1v) is 6.60. The Morgan fingerprint density at radius 3 is 2.43 bits per heavy atom. The second-order valence-electron chi connectivity index (χ2n) is 5.78. The Hall–Kier alpha value is -1.95. The molecule has 1 aromatic heterocycles. The standard InChI is InChI=1S/C15H18F2N2O2/c1-15(2,3)18-8-12-7-14(21-19-12)9-20-13-5-10(16)4-11(17)6-13/h4-7,18H,8-9H2,1-3H3.